The number of rotatable bonds is 10. The first-order chi connectivity index (χ1) is 13.3. The van der Waals surface area contributed by atoms with E-state index in [1.54, 1.807) is 30.3 Å². The van der Waals surface area contributed by atoms with Crippen LogP contribution in [-0.2, 0) is 0 Å². The summed E-state index contributed by atoms with van der Waals surface area (Å²) in [6.45, 7) is 5.98. The lowest BCUT2D eigenvalue weighted by Crippen LogP contribution is -2.35. The van der Waals surface area contributed by atoms with Crippen LogP contribution in [0.3, 0.4) is 0 Å². The van der Waals surface area contributed by atoms with Gasteiger partial charge in [0.15, 0.2) is 17.3 Å². The highest BCUT2D eigenvalue weighted by Gasteiger charge is 2.18. The van der Waals surface area contributed by atoms with Crippen molar-refractivity contribution in [2.45, 2.75) is 32.9 Å². The maximum Gasteiger partial charge on any atom is 0.161 e. The Bertz CT molecular complexity index is 777. The Morgan fingerprint density at radius 2 is 1.82 bits per heavy atom. The molecule has 0 spiro atoms. The van der Waals surface area contributed by atoms with Crippen molar-refractivity contribution in [3.05, 3.63) is 59.4 Å². The first kappa shape index (κ1) is 21.9. The van der Waals surface area contributed by atoms with E-state index in [4.69, 9.17) is 9.47 Å². The third-order valence-electron chi connectivity index (χ3n) is 4.47. The summed E-state index contributed by atoms with van der Waals surface area (Å²) in [5, 5.41) is 13.6. The lowest BCUT2D eigenvalue weighted by atomic mass is 9.96. The molecule has 0 aromatic heterocycles. The SMILES string of the molecule is COc1cc(C(C)=O)ccc1OC[C@@H](O)CN[C@H](c1ccc(F)cc1)C(C)C. The lowest BCUT2D eigenvalue weighted by molar-refractivity contribution is 0.0991. The summed E-state index contributed by atoms with van der Waals surface area (Å²) < 4.78 is 24.1. The molecule has 28 heavy (non-hydrogen) atoms. The van der Waals surface area contributed by atoms with Crippen LogP contribution in [-0.4, -0.2) is 37.3 Å². The largest absolute Gasteiger partial charge is 0.493 e. The van der Waals surface area contributed by atoms with Crippen molar-refractivity contribution in [1.29, 1.82) is 0 Å². The number of Topliss-reactive ketones (excluding diaryl/α,β-unsaturated/α-hetero) is 1. The van der Waals surface area contributed by atoms with E-state index in [1.165, 1.54) is 26.2 Å². The number of methoxy groups -OCH3 is 1. The molecule has 0 saturated heterocycles. The van der Waals surface area contributed by atoms with Gasteiger partial charge in [0.05, 0.1) is 7.11 Å². The molecular formula is C22H28FNO4. The fourth-order valence-electron chi connectivity index (χ4n) is 2.92. The Balaban J connectivity index is 1.93. The molecule has 0 fully saturated rings. The highest BCUT2D eigenvalue weighted by Crippen LogP contribution is 2.28. The van der Waals surface area contributed by atoms with Crippen molar-refractivity contribution < 1.29 is 23.8 Å². The van der Waals surface area contributed by atoms with Gasteiger partial charge in [-0.05, 0) is 48.7 Å². The zero-order valence-electron chi connectivity index (χ0n) is 16.7. The molecule has 152 valence electrons. The molecule has 0 bridgehead atoms. The Kier molecular flexibility index (Phi) is 7.96. The van der Waals surface area contributed by atoms with Gasteiger partial charge >= 0.3 is 0 Å². The molecule has 6 heteroatoms. The molecule has 2 rings (SSSR count). The number of carbonyl (C=O) groups is 1. The number of hydrogen-bond donors (Lipinski definition) is 2. The zero-order valence-corrected chi connectivity index (χ0v) is 16.7. The van der Waals surface area contributed by atoms with Crippen molar-refractivity contribution in [2.24, 2.45) is 5.92 Å². The van der Waals surface area contributed by atoms with Crippen LogP contribution in [0.2, 0.25) is 0 Å². The van der Waals surface area contributed by atoms with Gasteiger partial charge in [0.1, 0.15) is 18.5 Å². The van der Waals surface area contributed by atoms with Gasteiger partial charge in [-0.25, -0.2) is 4.39 Å². The average molecular weight is 389 g/mol. The van der Waals surface area contributed by atoms with Crippen LogP contribution in [0.15, 0.2) is 42.5 Å². The normalized spacial score (nSPS) is 13.2. The Labute approximate surface area is 165 Å². The topological polar surface area (TPSA) is 67.8 Å². The first-order valence-corrected chi connectivity index (χ1v) is 9.30. The molecule has 2 aromatic rings. The summed E-state index contributed by atoms with van der Waals surface area (Å²) in [5.74, 6) is 0.835. The summed E-state index contributed by atoms with van der Waals surface area (Å²) in [5.41, 5.74) is 1.50. The van der Waals surface area contributed by atoms with Gasteiger partial charge in [-0.3, -0.25) is 4.79 Å². The number of hydrogen-bond acceptors (Lipinski definition) is 5. The van der Waals surface area contributed by atoms with Crippen LogP contribution >= 0.6 is 0 Å². The summed E-state index contributed by atoms with van der Waals surface area (Å²) >= 11 is 0. The van der Waals surface area contributed by atoms with E-state index in [-0.39, 0.29) is 30.2 Å². The van der Waals surface area contributed by atoms with Crippen molar-refractivity contribution in [2.75, 3.05) is 20.3 Å². The van der Waals surface area contributed by atoms with E-state index in [1.807, 2.05) is 0 Å². The van der Waals surface area contributed by atoms with Gasteiger partial charge in [-0.15, -0.1) is 0 Å². The number of halogens is 1. The van der Waals surface area contributed by atoms with Crippen LogP contribution in [0, 0.1) is 11.7 Å². The molecular weight excluding hydrogens is 361 g/mol. The van der Waals surface area contributed by atoms with Gasteiger partial charge < -0.3 is 19.9 Å². The highest BCUT2D eigenvalue weighted by atomic mass is 19.1. The first-order valence-electron chi connectivity index (χ1n) is 9.30. The Morgan fingerprint density at radius 3 is 2.39 bits per heavy atom. The Morgan fingerprint density at radius 1 is 1.14 bits per heavy atom. The summed E-state index contributed by atoms with van der Waals surface area (Å²) in [7, 11) is 1.50. The smallest absolute Gasteiger partial charge is 0.161 e. The van der Waals surface area contributed by atoms with E-state index in [9.17, 15) is 14.3 Å². The van der Waals surface area contributed by atoms with Crippen LogP contribution in [0.4, 0.5) is 4.39 Å². The zero-order chi connectivity index (χ0) is 20.7. The maximum atomic E-state index is 13.2. The van der Waals surface area contributed by atoms with Crippen LogP contribution < -0.4 is 14.8 Å². The molecule has 0 amide bonds. The molecule has 2 atom stereocenters. The predicted octanol–water partition coefficient (Wildman–Crippen LogP) is 3.76. The second kappa shape index (κ2) is 10.2. The second-order valence-electron chi connectivity index (χ2n) is 7.07. The number of carbonyl (C=O) groups excluding carboxylic acids is 1. The van der Waals surface area contributed by atoms with Crippen molar-refractivity contribution in [3.8, 4) is 11.5 Å². The van der Waals surface area contributed by atoms with E-state index in [0.29, 0.717) is 23.6 Å². The van der Waals surface area contributed by atoms with Crippen LogP contribution in [0.25, 0.3) is 0 Å². The molecule has 0 unspecified atom stereocenters. The van der Waals surface area contributed by atoms with Crippen molar-refractivity contribution >= 4 is 5.78 Å². The summed E-state index contributed by atoms with van der Waals surface area (Å²) in [6.07, 6.45) is -0.751. The third kappa shape index (κ3) is 6.04. The second-order valence-corrected chi connectivity index (χ2v) is 7.07. The van der Waals surface area contributed by atoms with Crippen LogP contribution in [0.5, 0.6) is 11.5 Å². The van der Waals surface area contributed by atoms with Crippen molar-refractivity contribution in [1.82, 2.24) is 5.32 Å². The fourth-order valence-corrected chi connectivity index (χ4v) is 2.92. The lowest BCUT2D eigenvalue weighted by Gasteiger charge is -2.25. The van der Waals surface area contributed by atoms with E-state index in [0.717, 1.165) is 5.56 Å². The molecule has 0 aliphatic rings. The molecule has 0 aliphatic carbocycles. The predicted molar refractivity (Wildman–Crippen MR) is 106 cm³/mol. The highest BCUT2D eigenvalue weighted by molar-refractivity contribution is 5.94. The number of aliphatic hydroxyl groups is 1. The summed E-state index contributed by atoms with van der Waals surface area (Å²) in [4.78, 5) is 11.5. The number of benzene rings is 2. The number of nitrogens with one attached hydrogen (secondary N) is 1. The molecule has 0 heterocycles. The minimum Gasteiger partial charge on any atom is -0.493 e. The van der Waals surface area contributed by atoms with Crippen LogP contribution in [0.1, 0.15) is 42.7 Å². The number of ether oxygens (including phenoxy) is 2. The monoisotopic (exact) mass is 389 g/mol. The van der Waals surface area contributed by atoms with Crippen molar-refractivity contribution in [3.63, 3.8) is 0 Å². The molecule has 2 aromatic carbocycles. The number of aliphatic hydroxyl groups excluding tert-OH is 1. The quantitative estimate of drug-likeness (QED) is 0.606. The van der Waals surface area contributed by atoms with Gasteiger partial charge in [0.2, 0.25) is 0 Å². The van der Waals surface area contributed by atoms with E-state index < -0.39 is 6.10 Å². The van der Waals surface area contributed by atoms with E-state index >= 15 is 0 Å². The van der Waals surface area contributed by atoms with Gasteiger partial charge in [0.25, 0.3) is 0 Å². The maximum absolute atomic E-state index is 13.2. The number of ketones is 1. The average Bonchev–Trinajstić information content (AvgIpc) is 2.67. The third-order valence-corrected chi connectivity index (χ3v) is 4.47. The molecule has 0 saturated carbocycles. The van der Waals surface area contributed by atoms with E-state index in [2.05, 4.69) is 19.2 Å². The van der Waals surface area contributed by atoms with Gasteiger partial charge in [0, 0.05) is 18.2 Å². The molecule has 5 nitrogen and oxygen atoms in total. The summed E-state index contributed by atoms with van der Waals surface area (Å²) in [6, 6.07) is 11.3. The fraction of sp³-hybridized carbons (Fsp3) is 0.409. The molecule has 2 N–H and O–H groups in total. The minimum atomic E-state index is -0.751. The van der Waals surface area contributed by atoms with Gasteiger partial charge in [-0.1, -0.05) is 26.0 Å². The Hall–Kier alpha value is -2.44. The molecule has 0 radical (unpaired) electrons. The van der Waals surface area contributed by atoms with Gasteiger partial charge in [-0.2, -0.15) is 0 Å². The minimum absolute atomic E-state index is 0.0142. The molecule has 0 aliphatic heterocycles. The standard InChI is InChI=1S/C22H28FNO4/c1-14(2)22(16-5-8-18(23)9-6-16)24-12-19(26)13-28-20-10-7-17(15(3)25)11-21(20)27-4/h5-11,14,19,22,24,26H,12-13H2,1-4H3/t19-,22-/m0/s1.